The van der Waals surface area contributed by atoms with Gasteiger partial charge in [0.25, 0.3) is 0 Å². The van der Waals surface area contributed by atoms with E-state index in [-0.39, 0.29) is 11.3 Å². The van der Waals surface area contributed by atoms with Crippen molar-refractivity contribution in [1.29, 1.82) is 0 Å². The SMILES string of the molecule is CN=C(NCCCCN1CCOCC1)NCC1(C(=O)N(C)C)CCCC1. The van der Waals surface area contributed by atoms with Crippen LogP contribution < -0.4 is 10.6 Å². The predicted molar refractivity (Wildman–Crippen MR) is 105 cm³/mol. The minimum absolute atomic E-state index is 0.239. The molecule has 150 valence electrons. The predicted octanol–water partition coefficient (Wildman–Crippen LogP) is 0.912. The highest BCUT2D eigenvalue weighted by atomic mass is 16.5. The monoisotopic (exact) mass is 367 g/mol. The van der Waals surface area contributed by atoms with Crippen molar-refractivity contribution in [2.45, 2.75) is 38.5 Å². The van der Waals surface area contributed by atoms with Gasteiger partial charge in [-0.1, -0.05) is 12.8 Å². The Morgan fingerprint density at radius 2 is 1.85 bits per heavy atom. The van der Waals surface area contributed by atoms with E-state index < -0.39 is 0 Å². The van der Waals surface area contributed by atoms with Crippen molar-refractivity contribution in [2.24, 2.45) is 10.4 Å². The lowest BCUT2D eigenvalue weighted by atomic mass is 9.84. The number of aliphatic imine (C=N–C) groups is 1. The number of ether oxygens (including phenoxy) is 1. The van der Waals surface area contributed by atoms with E-state index in [1.165, 1.54) is 6.42 Å². The number of hydrogen-bond acceptors (Lipinski definition) is 4. The van der Waals surface area contributed by atoms with E-state index in [0.717, 1.165) is 77.5 Å². The summed E-state index contributed by atoms with van der Waals surface area (Å²) in [5.74, 6) is 1.04. The highest BCUT2D eigenvalue weighted by molar-refractivity contribution is 5.85. The molecule has 1 heterocycles. The highest BCUT2D eigenvalue weighted by Gasteiger charge is 2.42. The van der Waals surface area contributed by atoms with Gasteiger partial charge in [-0.15, -0.1) is 0 Å². The summed E-state index contributed by atoms with van der Waals surface area (Å²) < 4.78 is 5.38. The zero-order valence-electron chi connectivity index (χ0n) is 16.9. The largest absolute Gasteiger partial charge is 0.379 e. The third-order valence-corrected chi connectivity index (χ3v) is 5.54. The molecule has 1 aliphatic carbocycles. The van der Waals surface area contributed by atoms with Gasteiger partial charge in [-0.2, -0.15) is 0 Å². The number of guanidine groups is 1. The molecule has 0 atom stereocenters. The molecule has 1 aliphatic heterocycles. The van der Waals surface area contributed by atoms with E-state index in [2.05, 4.69) is 20.5 Å². The standard InChI is InChI=1S/C19H37N5O2/c1-20-18(21-10-6-7-11-24-12-14-26-15-13-24)22-16-19(8-4-5-9-19)17(25)23(2)3/h4-16H2,1-3H3,(H2,20,21,22). The Labute approximate surface area is 158 Å². The molecule has 2 aliphatic rings. The summed E-state index contributed by atoms with van der Waals surface area (Å²) in [7, 11) is 5.49. The average Bonchev–Trinajstić information content (AvgIpc) is 3.14. The first-order valence-corrected chi connectivity index (χ1v) is 10.0. The van der Waals surface area contributed by atoms with Gasteiger partial charge in [-0.3, -0.25) is 14.7 Å². The number of unbranched alkanes of at least 4 members (excludes halogenated alkanes) is 1. The van der Waals surface area contributed by atoms with Crippen molar-refractivity contribution in [3.8, 4) is 0 Å². The van der Waals surface area contributed by atoms with Gasteiger partial charge in [-0.25, -0.2) is 0 Å². The maximum Gasteiger partial charge on any atom is 0.230 e. The average molecular weight is 368 g/mol. The molecule has 0 aromatic heterocycles. The van der Waals surface area contributed by atoms with Crippen LogP contribution in [-0.2, 0) is 9.53 Å². The van der Waals surface area contributed by atoms with Crippen LogP contribution in [0.25, 0.3) is 0 Å². The molecule has 1 saturated heterocycles. The maximum absolute atomic E-state index is 12.6. The number of morpholine rings is 1. The van der Waals surface area contributed by atoms with Gasteiger partial charge in [0.1, 0.15) is 0 Å². The Morgan fingerprint density at radius 3 is 2.46 bits per heavy atom. The highest BCUT2D eigenvalue weighted by Crippen LogP contribution is 2.38. The lowest BCUT2D eigenvalue weighted by Gasteiger charge is -2.31. The minimum atomic E-state index is -0.266. The number of carbonyl (C=O) groups excluding carboxylic acids is 1. The van der Waals surface area contributed by atoms with Crippen molar-refractivity contribution < 1.29 is 9.53 Å². The van der Waals surface area contributed by atoms with Crippen LogP contribution in [0.4, 0.5) is 0 Å². The van der Waals surface area contributed by atoms with E-state index in [9.17, 15) is 4.79 Å². The molecule has 2 fully saturated rings. The zero-order chi connectivity index (χ0) is 18.8. The number of rotatable bonds is 8. The van der Waals surface area contributed by atoms with Gasteiger partial charge in [0.2, 0.25) is 5.91 Å². The van der Waals surface area contributed by atoms with Crippen LogP contribution in [0.15, 0.2) is 4.99 Å². The van der Waals surface area contributed by atoms with E-state index in [4.69, 9.17) is 4.74 Å². The Kier molecular flexibility index (Phi) is 8.65. The molecule has 0 unspecified atom stereocenters. The molecular formula is C19H37N5O2. The van der Waals surface area contributed by atoms with Gasteiger partial charge >= 0.3 is 0 Å². The quantitative estimate of drug-likeness (QED) is 0.379. The number of carbonyl (C=O) groups is 1. The maximum atomic E-state index is 12.6. The third-order valence-electron chi connectivity index (χ3n) is 5.54. The van der Waals surface area contributed by atoms with Gasteiger partial charge in [0, 0.05) is 47.3 Å². The van der Waals surface area contributed by atoms with Crippen LogP contribution in [-0.4, -0.2) is 88.7 Å². The number of nitrogens with one attached hydrogen (secondary N) is 2. The Morgan fingerprint density at radius 1 is 1.15 bits per heavy atom. The molecule has 1 amide bonds. The molecule has 1 saturated carbocycles. The van der Waals surface area contributed by atoms with Crippen LogP contribution >= 0.6 is 0 Å². The van der Waals surface area contributed by atoms with Gasteiger partial charge in [-0.05, 0) is 32.2 Å². The second-order valence-corrected chi connectivity index (χ2v) is 7.70. The fourth-order valence-corrected chi connectivity index (χ4v) is 3.96. The van der Waals surface area contributed by atoms with E-state index in [1.54, 1.807) is 11.9 Å². The van der Waals surface area contributed by atoms with Crippen LogP contribution in [0.5, 0.6) is 0 Å². The van der Waals surface area contributed by atoms with Crippen molar-refractivity contribution in [3.63, 3.8) is 0 Å². The summed E-state index contributed by atoms with van der Waals surface area (Å²) in [6.45, 7) is 6.54. The topological polar surface area (TPSA) is 69.2 Å². The lowest BCUT2D eigenvalue weighted by molar-refractivity contribution is -0.138. The number of hydrogen-bond donors (Lipinski definition) is 2. The first-order chi connectivity index (χ1) is 12.6. The molecule has 26 heavy (non-hydrogen) atoms. The zero-order valence-corrected chi connectivity index (χ0v) is 16.9. The van der Waals surface area contributed by atoms with Crippen LogP contribution in [0.2, 0.25) is 0 Å². The van der Waals surface area contributed by atoms with Gasteiger partial charge in [0.05, 0.1) is 18.6 Å². The van der Waals surface area contributed by atoms with E-state index in [0.29, 0.717) is 6.54 Å². The second kappa shape index (κ2) is 10.7. The summed E-state index contributed by atoms with van der Waals surface area (Å²) in [6.07, 6.45) is 6.48. The summed E-state index contributed by atoms with van der Waals surface area (Å²) in [4.78, 5) is 21.1. The molecule has 0 aromatic rings. The molecule has 2 N–H and O–H groups in total. The van der Waals surface area contributed by atoms with Crippen LogP contribution in [0, 0.1) is 5.41 Å². The van der Waals surface area contributed by atoms with Crippen molar-refractivity contribution in [1.82, 2.24) is 20.4 Å². The number of nitrogens with zero attached hydrogens (tertiary/aromatic N) is 3. The fraction of sp³-hybridized carbons (Fsp3) is 0.895. The first-order valence-electron chi connectivity index (χ1n) is 10.0. The Hall–Kier alpha value is -1.34. The summed E-state index contributed by atoms with van der Waals surface area (Å²) in [5, 5.41) is 6.78. The molecule has 0 bridgehead atoms. The van der Waals surface area contributed by atoms with Crippen molar-refractivity contribution in [2.75, 3.05) is 67.1 Å². The normalized spacial score (nSPS) is 20.8. The summed E-state index contributed by atoms with van der Waals surface area (Å²) in [5.41, 5.74) is -0.266. The Balaban J connectivity index is 1.67. The fourth-order valence-electron chi connectivity index (χ4n) is 3.96. The van der Waals surface area contributed by atoms with E-state index >= 15 is 0 Å². The molecule has 0 spiro atoms. The first kappa shape index (κ1) is 21.0. The summed E-state index contributed by atoms with van der Waals surface area (Å²) in [6, 6.07) is 0. The molecule has 0 aromatic carbocycles. The molecular weight excluding hydrogens is 330 g/mol. The molecule has 0 radical (unpaired) electrons. The molecule has 7 nitrogen and oxygen atoms in total. The van der Waals surface area contributed by atoms with Crippen molar-refractivity contribution >= 4 is 11.9 Å². The Bertz CT molecular complexity index is 455. The van der Waals surface area contributed by atoms with Gasteiger partial charge in [0.15, 0.2) is 5.96 Å². The van der Waals surface area contributed by atoms with E-state index in [1.807, 2.05) is 14.1 Å². The number of amides is 1. The lowest BCUT2D eigenvalue weighted by Crippen LogP contribution is -2.49. The summed E-state index contributed by atoms with van der Waals surface area (Å²) >= 11 is 0. The minimum Gasteiger partial charge on any atom is -0.379 e. The van der Waals surface area contributed by atoms with Crippen molar-refractivity contribution in [3.05, 3.63) is 0 Å². The van der Waals surface area contributed by atoms with Crippen LogP contribution in [0.3, 0.4) is 0 Å². The van der Waals surface area contributed by atoms with Crippen LogP contribution in [0.1, 0.15) is 38.5 Å². The second-order valence-electron chi connectivity index (χ2n) is 7.70. The molecule has 7 heteroatoms. The van der Waals surface area contributed by atoms with Gasteiger partial charge < -0.3 is 20.3 Å². The third kappa shape index (κ3) is 6.13. The molecule has 2 rings (SSSR count). The smallest absolute Gasteiger partial charge is 0.230 e.